The molecule has 1 unspecified atom stereocenters. The molecule has 27 heavy (non-hydrogen) atoms. The Labute approximate surface area is 161 Å². The molecule has 1 aromatic heterocycles. The Morgan fingerprint density at radius 3 is 2.70 bits per heavy atom. The van der Waals surface area contributed by atoms with Gasteiger partial charge in [0.1, 0.15) is 11.3 Å². The third kappa shape index (κ3) is 2.79. The van der Waals surface area contributed by atoms with Crippen molar-refractivity contribution in [1.29, 1.82) is 0 Å². The number of hydrogen-bond acceptors (Lipinski definition) is 5. The lowest BCUT2D eigenvalue weighted by Crippen LogP contribution is -2.11. The third-order valence-electron chi connectivity index (χ3n) is 5.23. The molecule has 3 aromatic rings. The van der Waals surface area contributed by atoms with Crippen molar-refractivity contribution in [2.45, 2.75) is 33.2 Å². The smallest absolute Gasteiger partial charge is 0.339 e. The van der Waals surface area contributed by atoms with E-state index < -0.39 is 0 Å². The lowest BCUT2D eigenvalue weighted by atomic mass is 9.93. The number of phenolic OH excluding ortho intramolecular Hbond substituents is 1. The van der Waals surface area contributed by atoms with Gasteiger partial charge in [0, 0.05) is 22.6 Å². The highest BCUT2D eigenvalue weighted by Gasteiger charge is 2.27. The van der Waals surface area contributed by atoms with E-state index in [1.807, 2.05) is 38.1 Å². The molecule has 0 aliphatic carbocycles. The van der Waals surface area contributed by atoms with Crippen LogP contribution in [-0.4, -0.2) is 10.8 Å². The highest BCUT2D eigenvalue weighted by atomic mass is 35.5. The second kappa shape index (κ2) is 6.43. The first-order valence-corrected chi connectivity index (χ1v) is 9.09. The van der Waals surface area contributed by atoms with Gasteiger partial charge in [-0.05, 0) is 49.6 Å². The summed E-state index contributed by atoms with van der Waals surface area (Å²) in [5.74, 6) is 0.0923. The van der Waals surface area contributed by atoms with Crippen LogP contribution < -0.4 is 11.1 Å². The van der Waals surface area contributed by atoms with Gasteiger partial charge in [-0.2, -0.15) is 5.10 Å². The molecule has 2 heterocycles. The minimum atomic E-state index is -0.384. The second-order valence-corrected chi connectivity index (χ2v) is 7.30. The molecule has 138 valence electrons. The Balaban J connectivity index is 1.81. The normalized spacial score (nSPS) is 16.4. The number of benzene rings is 2. The molecular weight excluding hydrogens is 364 g/mol. The van der Waals surface area contributed by atoms with Crippen LogP contribution in [0.2, 0.25) is 5.02 Å². The van der Waals surface area contributed by atoms with E-state index in [-0.39, 0.29) is 17.4 Å². The van der Waals surface area contributed by atoms with Crippen LogP contribution in [0, 0.1) is 20.8 Å². The van der Waals surface area contributed by atoms with E-state index in [1.165, 1.54) is 0 Å². The van der Waals surface area contributed by atoms with Crippen LogP contribution in [0.1, 0.15) is 40.3 Å². The van der Waals surface area contributed by atoms with Crippen molar-refractivity contribution in [2.75, 3.05) is 0 Å². The summed E-state index contributed by atoms with van der Waals surface area (Å²) >= 11 is 6.31. The van der Waals surface area contributed by atoms with Crippen molar-refractivity contribution in [3.63, 3.8) is 0 Å². The van der Waals surface area contributed by atoms with Crippen molar-refractivity contribution in [3.05, 3.63) is 73.6 Å². The number of fused-ring (bicyclic) bond motifs is 1. The molecule has 1 atom stereocenters. The standard InChI is InChI=1S/C21H19ClN2O3/c1-10-8-17-19(11(2)12(3)21(26)27-17)20(25)18(10)16-9-15(23-24-16)13-6-4-5-7-14(13)22/h4-8,15,23,25H,9H2,1-3H3. The zero-order valence-corrected chi connectivity index (χ0v) is 16.0. The zero-order chi connectivity index (χ0) is 19.3. The largest absolute Gasteiger partial charge is 0.506 e. The van der Waals surface area contributed by atoms with E-state index >= 15 is 0 Å². The SMILES string of the molecule is Cc1cc2oc(=O)c(C)c(C)c2c(O)c1C1=NNC(c2ccccc2Cl)C1. The number of hydrogen-bond donors (Lipinski definition) is 2. The summed E-state index contributed by atoms with van der Waals surface area (Å²) in [7, 11) is 0. The maximum atomic E-state index is 12.0. The minimum absolute atomic E-state index is 0.0558. The molecule has 5 nitrogen and oxygen atoms in total. The maximum absolute atomic E-state index is 12.0. The Bertz CT molecular complexity index is 1160. The molecule has 1 aliphatic heterocycles. The molecular formula is C21H19ClN2O3. The number of halogens is 1. The van der Waals surface area contributed by atoms with Gasteiger partial charge >= 0.3 is 5.63 Å². The molecule has 2 aromatic carbocycles. The van der Waals surface area contributed by atoms with Gasteiger partial charge in [0.05, 0.1) is 17.1 Å². The first kappa shape index (κ1) is 17.6. The Morgan fingerprint density at radius 1 is 1.22 bits per heavy atom. The first-order valence-electron chi connectivity index (χ1n) is 8.72. The maximum Gasteiger partial charge on any atom is 0.339 e. The summed E-state index contributed by atoms with van der Waals surface area (Å²) in [6.07, 6.45) is 0.596. The highest BCUT2D eigenvalue weighted by Crippen LogP contribution is 2.38. The molecule has 0 amide bonds. The Kier molecular flexibility index (Phi) is 4.19. The lowest BCUT2D eigenvalue weighted by Gasteiger charge is -2.14. The molecule has 1 aliphatic rings. The molecule has 0 saturated heterocycles. The number of nitrogens with one attached hydrogen (secondary N) is 1. The minimum Gasteiger partial charge on any atom is -0.506 e. The van der Waals surface area contributed by atoms with Crippen molar-refractivity contribution >= 4 is 28.3 Å². The molecule has 2 N–H and O–H groups in total. The van der Waals surface area contributed by atoms with Crippen LogP contribution in [0.25, 0.3) is 11.0 Å². The number of phenols is 1. The predicted octanol–water partition coefficient (Wildman–Crippen LogP) is 4.52. The predicted molar refractivity (Wildman–Crippen MR) is 107 cm³/mol. The number of rotatable bonds is 2. The average Bonchev–Trinajstić information content (AvgIpc) is 3.09. The molecule has 0 bridgehead atoms. The summed E-state index contributed by atoms with van der Waals surface area (Å²) < 4.78 is 5.37. The van der Waals surface area contributed by atoms with Crippen molar-refractivity contribution in [3.8, 4) is 5.75 Å². The van der Waals surface area contributed by atoms with Crippen molar-refractivity contribution < 1.29 is 9.52 Å². The van der Waals surface area contributed by atoms with E-state index in [9.17, 15) is 9.90 Å². The van der Waals surface area contributed by atoms with Gasteiger partial charge in [-0.1, -0.05) is 29.8 Å². The Hall–Kier alpha value is -2.79. The fraction of sp³-hybridized carbons (Fsp3) is 0.238. The van der Waals surface area contributed by atoms with Gasteiger partial charge in [0.15, 0.2) is 0 Å². The summed E-state index contributed by atoms with van der Waals surface area (Å²) in [6.45, 7) is 5.38. The third-order valence-corrected chi connectivity index (χ3v) is 5.57. The van der Waals surface area contributed by atoms with Crippen LogP contribution in [0.3, 0.4) is 0 Å². The highest BCUT2D eigenvalue weighted by molar-refractivity contribution is 6.31. The average molecular weight is 383 g/mol. The Morgan fingerprint density at radius 2 is 1.96 bits per heavy atom. The number of nitrogens with zero attached hydrogens (tertiary/aromatic N) is 1. The number of hydrazone groups is 1. The van der Waals surface area contributed by atoms with Crippen molar-refractivity contribution in [1.82, 2.24) is 5.43 Å². The fourth-order valence-electron chi connectivity index (χ4n) is 3.63. The van der Waals surface area contributed by atoms with Gasteiger partial charge < -0.3 is 14.9 Å². The van der Waals surface area contributed by atoms with Gasteiger partial charge in [0.2, 0.25) is 0 Å². The van der Waals surface area contributed by atoms with Crippen LogP contribution >= 0.6 is 11.6 Å². The zero-order valence-electron chi connectivity index (χ0n) is 15.3. The van der Waals surface area contributed by atoms with E-state index in [2.05, 4.69) is 10.5 Å². The second-order valence-electron chi connectivity index (χ2n) is 6.90. The summed E-state index contributed by atoms with van der Waals surface area (Å²) in [5, 5.41) is 16.7. The quantitative estimate of drug-likeness (QED) is 0.639. The molecule has 4 rings (SSSR count). The summed E-state index contributed by atoms with van der Waals surface area (Å²) in [4.78, 5) is 12.0. The molecule has 0 saturated carbocycles. The topological polar surface area (TPSA) is 74.8 Å². The first-order chi connectivity index (χ1) is 12.9. The van der Waals surface area contributed by atoms with E-state index in [0.717, 1.165) is 16.8 Å². The van der Waals surface area contributed by atoms with E-state index in [4.69, 9.17) is 16.0 Å². The number of aromatic hydroxyl groups is 1. The molecule has 0 spiro atoms. The van der Waals surface area contributed by atoms with E-state index in [1.54, 1.807) is 13.0 Å². The molecule has 0 radical (unpaired) electrons. The summed E-state index contributed by atoms with van der Waals surface area (Å²) in [6, 6.07) is 9.37. The van der Waals surface area contributed by atoms with Gasteiger partial charge in [-0.25, -0.2) is 4.79 Å². The van der Waals surface area contributed by atoms with Crippen LogP contribution in [-0.2, 0) is 0 Å². The van der Waals surface area contributed by atoms with Crippen LogP contribution in [0.4, 0.5) is 0 Å². The van der Waals surface area contributed by atoms with Crippen LogP contribution in [0.15, 0.2) is 44.6 Å². The monoisotopic (exact) mass is 382 g/mol. The van der Waals surface area contributed by atoms with Gasteiger partial charge in [-0.3, -0.25) is 0 Å². The van der Waals surface area contributed by atoms with E-state index in [0.29, 0.717) is 39.1 Å². The lowest BCUT2D eigenvalue weighted by molar-refractivity contribution is 0.476. The van der Waals surface area contributed by atoms with Gasteiger partial charge in [-0.15, -0.1) is 0 Å². The van der Waals surface area contributed by atoms with Crippen LogP contribution in [0.5, 0.6) is 5.75 Å². The number of aryl methyl sites for hydroxylation is 2. The molecule has 0 fully saturated rings. The van der Waals surface area contributed by atoms with Crippen molar-refractivity contribution in [2.24, 2.45) is 5.10 Å². The molecule has 6 heteroatoms. The fourth-order valence-corrected chi connectivity index (χ4v) is 3.90. The van der Waals surface area contributed by atoms with Gasteiger partial charge in [0.25, 0.3) is 0 Å². The summed E-state index contributed by atoms with van der Waals surface area (Å²) in [5.41, 5.74) is 7.51.